The second kappa shape index (κ2) is 9.64. The Bertz CT molecular complexity index is 612. The molecule has 0 fully saturated rings. The molecule has 24 heavy (non-hydrogen) atoms. The van der Waals surface area contributed by atoms with Crippen LogP contribution in [0.2, 0.25) is 0 Å². The van der Waals surface area contributed by atoms with Crippen LogP contribution < -0.4 is 15.8 Å². The molecular formula is C17H28N2O4S. The number of sulfone groups is 1. The summed E-state index contributed by atoms with van der Waals surface area (Å²) in [6, 6.07) is 6.96. The Morgan fingerprint density at radius 1 is 1.25 bits per heavy atom. The van der Waals surface area contributed by atoms with Gasteiger partial charge in [0.05, 0.1) is 18.4 Å². The molecule has 0 bridgehead atoms. The average Bonchev–Trinajstić information content (AvgIpc) is 2.51. The van der Waals surface area contributed by atoms with Gasteiger partial charge in [-0.05, 0) is 36.5 Å². The molecule has 0 saturated carbocycles. The number of nitrogens with two attached hydrogens (primary N) is 1. The zero-order valence-electron chi connectivity index (χ0n) is 14.6. The lowest BCUT2D eigenvalue weighted by atomic mass is 10.1. The normalized spacial score (nSPS) is 12.9. The van der Waals surface area contributed by atoms with Crippen LogP contribution in [-0.2, 0) is 21.1 Å². The number of nitrogens with one attached hydrogen (secondary N) is 1. The third-order valence-electron chi connectivity index (χ3n) is 3.36. The molecule has 1 rings (SSSR count). The van der Waals surface area contributed by atoms with Crippen molar-refractivity contribution in [1.82, 2.24) is 5.32 Å². The van der Waals surface area contributed by atoms with Crippen LogP contribution in [0.4, 0.5) is 0 Å². The van der Waals surface area contributed by atoms with Crippen LogP contribution in [0, 0.1) is 5.92 Å². The minimum absolute atomic E-state index is 0.0839. The smallest absolute Gasteiger partial charge is 0.236 e. The number of carbonyl (C=O) groups excluding carboxylic acids is 1. The Balaban J connectivity index is 2.32. The van der Waals surface area contributed by atoms with Gasteiger partial charge in [0.15, 0.2) is 0 Å². The first-order valence-electron chi connectivity index (χ1n) is 8.10. The maximum Gasteiger partial charge on any atom is 0.236 e. The molecule has 0 aromatic heterocycles. The van der Waals surface area contributed by atoms with Crippen LogP contribution in [0.15, 0.2) is 24.3 Å². The largest absolute Gasteiger partial charge is 0.493 e. The van der Waals surface area contributed by atoms with E-state index in [0.717, 1.165) is 17.6 Å². The second-order valence-corrected chi connectivity index (χ2v) is 8.67. The van der Waals surface area contributed by atoms with Gasteiger partial charge in [-0.1, -0.05) is 26.0 Å². The summed E-state index contributed by atoms with van der Waals surface area (Å²) >= 11 is 0. The van der Waals surface area contributed by atoms with E-state index in [2.05, 4.69) is 19.2 Å². The fraction of sp³-hybridized carbons (Fsp3) is 0.588. The number of carbonyl (C=O) groups is 1. The molecule has 6 nitrogen and oxygen atoms in total. The highest BCUT2D eigenvalue weighted by Crippen LogP contribution is 2.13. The van der Waals surface area contributed by atoms with Crippen LogP contribution in [0.5, 0.6) is 5.75 Å². The van der Waals surface area contributed by atoms with Crippen molar-refractivity contribution in [2.45, 2.75) is 32.7 Å². The highest BCUT2D eigenvalue weighted by molar-refractivity contribution is 7.90. The van der Waals surface area contributed by atoms with Crippen molar-refractivity contribution in [3.05, 3.63) is 29.8 Å². The van der Waals surface area contributed by atoms with E-state index in [-0.39, 0.29) is 18.1 Å². The van der Waals surface area contributed by atoms with Gasteiger partial charge in [0.1, 0.15) is 15.6 Å². The van der Waals surface area contributed by atoms with Crippen molar-refractivity contribution in [1.29, 1.82) is 0 Å². The van der Waals surface area contributed by atoms with E-state index in [1.54, 1.807) is 0 Å². The number of ether oxygens (including phenoxy) is 1. The van der Waals surface area contributed by atoms with Gasteiger partial charge in [0, 0.05) is 12.8 Å². The molecular weight excluding hydrogens is 328 g/mol. The van der Waals surface area contributed by atoms with Crippen molar-refractivity contribution in [2.75, 3.05) is 25.2 Å². The maximum absolute atomic E-state index is 11.8. The summed E-state index contributed by atoms with van der Waals surface area (Å²) in [7, 11) is -3.10. The molecule has 1 amide bonds. The van der Waals surface area contributed by atoms with E-state index >= 15 is 0 Å². The predicted molar refractivity (Wildman–Crippen MR) is 95.8 cm³/mol. The Kier molecular flexibility index (Phi) is 8.21. The third kappa shape index (κ3) is 8.88. The van der Waals surface area contributed by atoms with Crippen molar-refractivity contribution >= 4 is 15.7 Å². The lowest BCUT2D eigenvalue weighted by Crippen LogP contribution is -2.42. The molecule has 1 atom stereocenters. The summed E-state index contributed by atoms with van der Waals surface area (Å²) in [5.74, 6) is 0.904. The fourth-order valence-electron chi connectivity index (χ4n) is 1.95. The number of benzene rings is 1. The number of amides is 1. The molecule has 7 heteroatoms. The zero-order chi connectivity index (χ0) is 18.2. The Morgan fingerprint density at radius 2 is 1.88 bits per heavy atom. The molecule has 1 aromatic rings. The summed E-state index contributed by atoms with van der Waals surface area (Å²) < 4.78 is 27.8. The maximum atomic E-state index is 11.8. The molecule has 1 aromatic carbocycles. The van der Waals surface area contributed by atoms with E-state index in [1.165, 1.54) is 0 Å². The predicted octanol–water partition coefficient (Wildman–Crippen LogP) is 1.14. The van der Waals surface area contributed by atoms with Crippen molar-refractivity contribution in [2.24, 2.45) is 11.7 Å². The van der Waals surface area contributed by atoms with E-state index in [0.29, 0.717) is 25.5 Å². The van der Waals surface area contributed by atoms with Crippen LogP contribution in [0.1, 0.15) is 25.8 Å². The summed E-state index contributed by atoms with van der Waals surface area (Å²) in [4.78, 5) is 11.8. The van der Waals surface area contributed by atoms with E-state index in [1.807, 2.05) is 24.3 Å². The molecule has 0 heterocycles. The standard InChI is InChI=1S/C17H28N2O4S/c1-13(2)12-23-15-6-4-14(5-7-15)8-10-19-17(20)16(18)9-11-24(3,21)22/h4-7,13,16H,8-12,18H2,1-3H3,(H,19,20). The summed E-state index contributed by atoms with van der Waals surface area (Å²) in [6.07, 6.45) is 1.94. The van der Waals surface area contributed by atoms with Crippen LogP contribution in [0.25, 0.3) is 0 Å². The topological polar surface area (TPSA) is 98.5 Å². The molecule has 1 unspecified atom stereocenters. The van der Waals surface area contributed by atoms with Crippen molar-refractivity contribution in [3.8, 4) is 5.75 Å². The lowest BCUT2D eigenvalue weighted by Gasteiger charge is -2.12. The quantitative estimate of drug-likeness (QED) is 0.655. The molecule has 0 spiro atoms. The monoisotopic (exact) mass is 356 g/mol. The van der Waals surface area contributed by atoms with Gasteiger partial charge >= 0.3 is 0 Å². The molecule has 3 N–H and O–H groups in total. The molecule has 0 aliphatic heterocycles. The van der Waals surface area contributed by atoms with Gasteiger partial charge in [-0.3, -0.25) is 4.79 Å². The lowest BCUT2D eigenvalue weighted by molar-refractivity contribution is -0.122. The minimum atomic E-state index is -3.10. The van der Waals surface area contributed by atoms with Gasteiger partial charge in [-0.15, -0.1) is 0 Å². The Morgan fingerprint density at radius 3 is 2.42 bits per heavy atom. The zero-order valence-corrected chi connectivity index (χ0v) is 15.4. The summed E-state index contributed by atoms with van der Waals surface area (Å²) in [5.41, 5.74) is 6.77. The molecule has 0 aliphatic carbocycles. The van der Waals surface area contributed by atoms with Gasteiger partial charge in [0.2, 0.25) is 5.91 Å². The third-order valence-corrected chi connectivity index (χ3v) is 4.33. The van der Waals surface area contributed by atoms with Crippen molar-refractivity contribution in [3.63, 3.8) is 0 Å². The summed E-state index contributed by atoms with van der Waals surface area (Å²) in [5, 5.41) is 2.73. The van der Waals surface area contributed by atoms with Gasteiger partial charge in [-0.25, -0.2) is 8.42 Å². The van der Waals surface area contributed by atoms with Gasteiger partial charge in [0.25, 0.3) is 0 Å². The van der Waals surface area contributed by atoms with Gasteiger partial charge < -0.3 is 15.8 Å². The highest BCUT2D eigenvalue weighted by Gasteiger charge is 2.15. The molecule has 0 aliphatic rings. The number of hydrogen-bond donors (Lipinski definition) is 2. The molecule has 0 saturated heterocycles. The summed E-state index contributed by atoms with van der Waals surface area (Å²) in [6.45, 7) is 5.33. The first kappa shape index (κ1) is 20.4. The number of hydrogen-bond acceptors (Lipinski definition) is 5. The molecule has 0 radical (unpaired) electrons. The second-order valence-electron chi connectivity index (χ2n) is 6.41. The van der Waals surface area contributed by atoms with Gasteiger partial charge in [-0.2, -0.15) is 0 Å². The van der Waals surface area contributed by atoms with E-state index in [9.17, 15) is 13.2 Å². The van der Waals surface area contributed by atoms with E-state index < -0.39 is 15.9 Å². The SMILES string of the molecule is CC(C)COc1ccc(CCNC(=O)C(N)CCS(C)(=O)=O)cc1. The average molecular weight is 356 g/mol. The highest BCUT2D eigenvalue weighted by atomic mass is 32.2. The van der Waals surface area contributed by atoms with Crippen LogP contribution in [-0.4, -0.2) is 45.5 Å². The first-order valence-corrected chi connectivity index (χ1v) is 10.2. The van der Waals surface area contributed by atoms with Crippen LogP contribution >= 0.6 is 0 Å². The van der Waals surface area contributed by atoms with E-state index in [4.69, 9.17) is 10.5 Å². The first-order chi connectivity index (χ1) is 11.2. The Hall–Kier alpha value is -1.60. The number of rotatable bonds is 10. The minimum Gasteiger partial charge on any atom is -0.493 e. The van der Waals surface area contributed by atoms with Crippen LogP contribution in [0.3, 0.4) is 0 Å². The van der Waals surface area contributed by atoms with Crippen molar-refractivity contribution < 1.29 is 17.9 Å². The Labute approximate surface area is 144 Å². The molecule has 136 valence electrons. The fourth-order valence-corrected chi connectivity index (χ4v) is 2.63.